The minimum atomic E-state index is 0.519. The predicted molar refractivity (Wildman–Crippen MR) is 82.5 cm³/mol. The van der Waals surface area contributed by atoms with Crippen molar-refractivity contribution in [3.8, 4) is 0 Å². The van der Waals surface area contributed by atoms with Gasteiger partial charge in [-0.05, 0) is 30.2 Å². The highest BCUT2D eigenvalue weighted by molar-refractivity contribution is 5.06. The van der Waals surface area contributed by atoms with Crippen LogP contribution < -0.4 is 0 Å². The van der Waals surface area contributed by atoms with Crippen molar-refractivity contribution in [3.63, 3.8) is 0 Å². The molecule has 0 amide bonds. The van der Waals surface area contributed by atoms with Crippen molar-refractivity contribution in [1.29, 1.82) is 0 Å². The lowest BCUT2D eigenvalue weighted by molar-refractivity contribution is 0.487. The number of pyridine rings is 1. The molecule has 0 radical (unpaired) electrons. The van der Waals surface area contributed by atoms with Crippen molar-refractivity contribution in [2.75, 3.05) is 0 Å². The Labute approximate surface area is 117 Å². The van der Waals surface area contributed by atoms with E-state index in [0.717, 1.165) is 11.5 Å². The predicted octanol–water partition coefficient (Wildman–Crippen LogP) is 5.63. The molecule has 0 saturated carbocycles. The maximum absolute atomic E-state index is 5.09. The second-order valence-corrected chi connectivity index (χ2v) is 4.58. The summed E-state index contributed by atoms with van der Waals surface area (Å²) >= 11 is 0. The van der Waals surface area contributed by atoms with E-state index < -0.39 is 0 Å². The van der Waals surface area contributed by atoms with Crippen molar-refractivity contribution >= 4 is 0 Å². The Morgan fingerprint density at radius 2 is 1.58 bits per heavy atom. The largest absolute Gasteiger partial charge is 0.469 e. The molecule has 2 aromatic rings. The van der Waals surface area contributed by atoms with Gasteiger partial charge in [0.15, 0.2) is 0 Å². The van der Waals surface area contributed by atoms with E-state index in [9.17, 15) is 0 Å². The Morgan fingerprint density at radius 1 is 0.895 bits per heavy atom. The summed E-state index contributed by atoms with van der Waals surface area (Å²) < 4.78 is 5.09. The summed E-state index contributed by atoms with van der Waals surface area (Å²) in [6.45, 7) is 12.5. The van der Waals surface area contributed by atoms with Gasteiger partial charge in [-0.3, -0.25) is 4.98 Å². The SMILES string of the molecule is CC.CC(C)c1ccccn1.CC(C)c1ccco1. The second kappa shape index (κ2) is 10.4. The molecule has 0 atom stereocenters. The first kappa shape index (κ1) is 17.4. The summed E-state index contributed by atoms with van der Waals surface area (Å²) in [5, 5.41) is 0. The fourth-order valence-corrected chi connectivity index (χ4v) is 1.34. The number of furan rings is 1. The molecule has 106 valence electrons. The normalized spacial score (nSPS) is 9.47. The van der Waals surface area contributed by atoms with Crippen molar-refractivity contribution in [3.05, 3.63) is 54.2 Å². The van der Waals surface area contributed by atoms with Gasteiger partial charge < -0.3 is 4.42 Å². The molecule has 2 heterocycles. The smallest absolute Gasteiger partial charge is 0.106 e. The lowest BCUT2D eigenvalue weighted by atomic mass is 10.1. The monoisotopic (exact) mass is 261 g/mol. The molecule has 0 saturated heterocycles. The van der Waals surface area contributed by atoms with Crippen molar-refractivity contribution in [1.82, 2.24) is 4.98 Å². The maximum Gasteiger partial charge on any atom is 0.106 e. The summed E-state index contributed by atoms with van der Waals surface area (Å²) in [7, 11) is 0. The fourth-order valence-electron chi connectivity index (χ4n) is 1.34. The van der Waals surface area contributed by atoms with E-state index in [1.54, 1.807) is 6.26 Å². The highest BCUT2D eigenvalue weighted by Crippen LogP contribution is 2.12. The van der Waals surface area contributed by atoms with E-state index in [1.807, 2.05) is 50.4 Å². The van der Waals surface area contributed by atoms with Crippen LogP contribution in [0.5, 0.6) is 0 Å². The summed E-state index contributed by atoms with van der Waals surface area (Å²) in [5.41, 5.74) is 1.16. The van der Waals surface area contributed by atoms with Gasteiger partial charge in [-0.2, -0.15) is 0 Å². The first-order chi connectivity index (χ1) is 9.11. The molecule has 0 fully saturated rings. The molecule has 2 nitrogen and oxygen atoms in total. The Morgan fingerprint density at radius 3 is 1.84 bits per heavy atom. The van der Waals surface area contributed by atoms with Crippen LogP contribution in [0.1, 0.15) is 64.8 Å². The van der Waals surface area contributed by atoms with Crippen LogP contribution in [0, 0.1) is 0 Å². The van der Waals surface area contributed by atoms with Crippen molar-refractivity contribution < 1.29 is 4.42 Å². The van der Waals surface area contributed by atoms with Gasteiger partial charge in [0.1, 0.15) is 5.76 Å². The Kier molecular flexibility index (Phi) is 9.51. The quantitative estimate of drug-likeness (QED) is 0.699. The lowest BCUT2D eigenvalue weighted by Crippen LogP contribution is -1.88. The standard InChI is InChI=1S/C8H11N.C7H10O.C2H6/c1-7(2)8-5-3-4-6-9-8;1-6(2)7-4-3-5-8-7;1-2/h3-7H,1-2H3;3-6H,1-2H3;1-2H3. The first-order valence-corrected chi connectivity index (χ1v) is 7.05. The van der Waals surface area contributed by atoms with Gasteiger partial charge in [-0.25, -0.2) is 0 Å². The van der Waals surface area contributed by atoms with Gasteiger partial charge in [0, 0.05) is 17.8 Å². The van der Waals surface area contributed by atoms with Crippen LogP contribution in [0.15, 0.2) is 47.2 Å². The lowest BCUT2D eigenvalue weighted by Gasteiger charge is -2.00. The molecular formula is C17H27NO. The maximum atomic E-state index is 5.09. The molecule has 2 aromatic heterocycles. The van der Waals surface area contributed by atoms with E-state index >= 15 is 0 Å². The molecule has 0 aromatic carbocycles. The molecule has 0 spiro atoms. The molecule has 0 unspecified atom stereocenters. The molecule has 19 heavy (non-hydrogen) atoms. The van der Waals surface area contributed by atoms with Crippen LogP contribution in [0.2, 0.25) is 0 Å². The van der Waals surface area contributed by atoms with Crippen LogP contribution in [-0.2, 0) is 0 Å². The zero-order valence-corrected chi connectivity index (χ0v) is 13.1. The second-order valence-electron chi connectivity index (χ2n) is 4.58. The molecule has 0 aliphatic rings. The Bertz CT molecular complexity index is 390. The Balaban J connectivity index is 0.000000303. The van der Waals surface area contributed by atoms with E-state index in [-0.39, 0.29) is 0 Å². The van der Waals surface area contributed by atoms with Gasteiger partial charge in [-0.1, -0.05) is 47.6 Å². The third kappa shape index (κ3) is 7.45. The minimum absolute atomic E-state index is 0.519. The van der Waals surface area contributed by atoms with Gasteiger partial charge in [0.2, 0.25) is 0 Å². The molecule has 0 N–H and O–H groups in total. The number of hydrogen-bond acceptors (Lipinski definition) is 2. The van der Waals surface area contributed by atoms with Gasteiger partial charge in [0.05, 0.1) is 6.26 Å². The van der Waals surface area contributed by atoms with Crippen molar-refractivity contribution in [2.45, 2.75) is 53.4 Å². The minimum Gasteiger partial charge on any atom is -0.469 e. The van der Waals surface area contributed by atoms with Gasteiger partial charge >= 0.3 is 0 Å². The third-order valence-corrected chi connectivity index (χ3v) is 2.39. The van der Waals surface area contributed by atoms with Gasteiger partial charge in [-0.15, -0.1) is 0 Å². The topological polar surface area (TPSA) is 26.0 Å². The summed E-state index contributed by atoms with van der Waals surface area (Å²) in [6.07, 6.45) is 3.53. The van der Waals surface area contributed by atoms with E-state index in [2.05, 4.69) is 32.7 Å². The summed E-state index contributed by atoms with van der Waals surface area (Å²) in [6, 6.07) is 9.90. The molecular weight excluding hydrogens is 234 g/mol. The number of aromatic nitrogens is 1. The molecule has 0 aliphatic carbocycles. The summed E-state index contributed by atoms with van der Waals surface area (Å²) in [4.78, 5) is 4.18. The first-order valence-electron chi connectivity index (χ1n) is 7.05. The van der Waals surface area contributed by atoms with Crippen LogP contribution in [-0.4, -0.2) is 4.98 Å². The van der Waals surface area contributed by atoms with E-state index in [4.69, 9.17) is 4.42 Å². The molecule has 0 aliphatic heterocycles. The Hall–Kier alpha value is -1.57. The average molecular weight is 261 g/mol. The molecule has 2 rings (SSSR count). The number of rotatable bonds is 2. The van der Waals surface area contributed by atoms with E-state index in [1.165, 1.54) is 0 Å². The van der Waals surface area contributed by atoms with Crippen LogP contribution in [0.3, 0.4) is 0 Å². The van der Waals surface area contributed by atoms with E-state index in [0.29, 0.717) is 11.8 Å². The van der Waals surface area contributed by atoms with Crippen LogP contribution >= 0.6 is 0 Å². The average Bonchev–Trinajstić information content (AvgIpc) is 2.97. The zero-order valence-electron chi connectivity index (χ0n) is 13.1. The van der Waals surface area contributed by atoms with Gasteiger partial charge in [0.25, 0.3) is 0 Å². The number of nitrogens with zero attached hydrogens (tertiary/aromatic N) is 1. The van der Waals surface area contributed by atoms with Crippen molar-refractivity contribution in [2.24, 2.45) is 0 Å². The molecule has 2 heteroatoms. The highest BCUT2D eigenvalue weighted by atomic mass is 16.3. The van der Waals surface area contributed by atoms with Crippen LogP contribution in [0.25, 0.3) is 0 Å². The van der Waals surface area contributed by atoms with Crippen LogP contribution in [0.4, 0.5) is 0 Å². The summed E-state index contributed by atoms with van der Waals surface area (Å²) in [5.74, 6) is 2.13. The third-order valence-electron chi connectivity index (χ3n) is 2.39. The molecule has 0 bridgehead atoms. The fraction of sp³-hybridized carbons (Fsp3) is 0.471. The highest BCUT2D eigenvalue weighted by Gasteiger charge is 1.98. The number of hydrogen-bond donors (Lipinski definition) is 0. The zero-order chi connectivity index (χ0) is 14.7.